The molecule has 0 unspecified atom stereocenters. The Balaban J connectivity index is 1.11. The Morgan fingerprint density at radius 2 is 1.65 bits per heavy atom. The van der Waals surface area contributed by atoms with Crippen molar-refractivity contribution in [3.63, 3.8) is 0 Å². The van der Waals surface area contributed by atoms with Crippen LogP contribution < -0.4 is 5.56 Å². The topological polar surface area (TPSA) is 86.3 Å². The normalized spacial score (nSPS) is 16.4. The van der Waals surface area contributed by atoms with E-state index in [9.17, 15) is 14.7 Å². The van der Waals surface area contributed by atoms with Crippen molar-refractivity contribution in [2.45, 2.75) is 69.9 Å². The summed E-state index contributed by atoms with van der Waals surface area (Å²) in [6.07, 6.45) is 1.85. The molecular weight excluding hydrogens is 591 g/mol. The van der Waals surface area contributed by atoms with Gasteiger partial charge in [-0.25, -0.2) is 4.98 Å². The second-order valence-electron chi connectivity index (χ2n) is 13.7. The van der Waals surface area contributed by atoms with Crippen molar-refractivity contribution in [3.05, 3.63) is 134 Å². The molecule has 46 heavy (non-hydrogen) atoms. The molecule has 1 amide bonds. The van der Waals surface area contributed by atoms with Gasteiger partial charge in [0.1, 0.15) is 5.82 Å². The smallest absolute Gasteiger partial charge is 0.256 e. The van der Waals surface area contributed by atoms with Gasteiger partial charge in [-0.05, 0) is 82.0 Å². The van der Waals surface area contributed by atoms with Crippen molar-refractivity contribution >= 4 is 17.2 Å². The number of hydrogen-bond donors (Lipinski definition) is 2. The summed E-state index contributed by atoms with van der Waals surface area (Å²) >= 11 is 1.72. The number of aromatic amines is 1. The molecule has 234 valence electrons. The van der Waals surface area contributed by atoms with Crippen molar-refractivity contribution in [2.75, 3.05) is 6.54 Å². The lowest BCUT2D eigenvalue weighted by Crippen LogP contribution is -2.36. The number of amides is 1. The van der Waals surface area contributed by atoms with E-state index in [0.29, 0.717) is 30.5 Å². The summed E-state index contributed by atoms with van der Waals surface area (Å²) in [7, 11) is 0. The standard InChI is InChI=1S/C39H39N3O3S/c1-38(2,3)30-15-8-13-27(21-30)26-12-7-14-28(20-26)34(43)36(45)42-19-9-16-32-31(23-42)35(44)41-37(40-32)39(17-18-39)33-22-29(24-46-33)25-10-5-4-6-11-25/h4-8,10-15,20-22,24,34,43H,9,16-19,23H2,1-3H3,(H,40,41,44)/t34-/m1/s1. The molecule has 7 rings (SSSR count). The van der Waals surface area contributed by atoms with Gasteiger partial charge in [-0.3, -0.25) is 9.59 Å². The van der Waals surface area contributed by atoms with Gasteiger partial charge in [0.05, 0.1) is 23.2 Å². The predicted molar refractivity (Wildman–Crippen MR) is 184 cm³/mol. The van der Waals surface area contributed by atoms with E-state index < -0.39 is 12.0 Å². The summed E-state index contributed by atoms with van der Waals surface area (Å²) < 4.78 is 0. The SMILES string of the molecule is CC(C)(C)c1cccc(-c2cccc([C@@H](O)C(=O)N3CCCc4nc(C5(c6cc(-c7ccccc7)cs6)CC5)[nH]c(=O)c4C3)c2)c1. The quantitative estimate of drug-likeness (QED) is 0.203. The van der Waals surface area contributed by atoms with E-state index >= 15 is 0 Å². The number of fused-ring (bicyclic) bond motifs is 1. The van der Waals surface area contributed by atoms with Crippen LogP contribution in [0.15, 0.2) is 95.1 Å². The summed E-state index contributed by atoms with van der Waals surface area (Å²) in [6, 6.07) is 28.5. The first-order valence-corrected chi connectivity index (χ1v) is 17.0. The van der Waals surface area contributed by atoms with Crippen LogP contribution in [0.3, 0.4) is 0 Å². The number of aliphatic hydroxyl groups is 1. The van der Waals surface area contributed by atoms with Gasteiger partial charge in [-0.2, -0.15) is 0 Å². The minimum Gasteiger partial charge on any atom is -0.378 e. The largest absolute Gasteiger partial charge is 0.378 e. The van der Waals surface area contributed by atoms with Crippen molar-refractivity contribution in [2.24, 2.45) is 0 Å². The molecule has 0 spiro atoms. The summed E-state index contributed by atoms with van der Waals surface area (Å²) in [5, 5.41) is 13.5. The first kappa shape index (κ1) is 30.3. The molecule has 1 saturated carbocycles. The Labute approximate surface area is 273 Å². The van der Waals surface area contributed by atoms with Crippen LogP contribution in [0.5, 0.6) is 0 Å². The third kappa shape index (κ3) is 5.74. The second-order valence-corrected chi connectivity index (χ2v) is 14.6. The molecule has 2 aliphatic rings. The number of hydrogen-bond acceptors (Lipinski definition) is 5. The number of benzene rings is 3. The monoisotopic (exact) mass is 629 g/mol. The van der Waals surface area contributed by atoms with Gasteiger partial charge < -0.3 is 15.0 Å². The van der Waals surface area contributed by atoms with Crippen LogP contribution in [0, 0.1) is 0 Å². The molecule has 1 fully saturated rings. The van der Waals surface area contributed by atoms with Crippen LogP contribution >= 0.6 is 11.3 Å². The molecule has 3 aromatic carbocycles. The van der Waals surface area contributed by atoms with E-state index in [1.807, 2.05) is 48.5 Å². The van der Waals surface area contributed by atoms with Gasteiger partial charge >= 0.3 is 0 Å². The Kier molecular flexibility index (Phi) is 7.78. The highest BCUT2D eigenvalue weighted by atomic mass is 32.1. The van der Waals surface area contributed by atoms with Gasteiger partial charge in [-0.1, -0.05) is 93.6 Å². The number of H-pyrrole nitrogens is 1. The number of nitrogens with zero attached hydrogens (tertiary/aromatic N) is 2. The molecule has 2 aromatic heterocycles. The fourth-order valence-corrected chi connectivity index (χ4v) is 7.68. The van der Waals surface area contributed by atoms with E-state index in [0.717, 1.165) is 35.5 Å². The van der Waals surface area contributed by atoms with E-state index in [1.165, 1.54) is 21.6 Å². The number of aryl methyl sites for hydroxylation is 1. The van der Waals surface area contributed by atoms with Crippen LogP contribution in [-0.2, 0) is 28.6 Å². The average molecular weight is 630 g/mol. The molecule has 0 bridgehead atoms. The molecule has 3 heterocycles. The summed E-state index contributed by atoms with van der Waals surface area (Å²) in [5.41, 5.74) is 6.93. The van der Waals surface area contributed by atoms with Crippen LogP contribution in [0.4, 0.5) is 0 Å². The summed E-state index contributed by atoms with van der Waals surface area (Å²) in [4.78, 5) is 38.3. The lowest BCUT2D eigenvalue weighted by Gasteiger charge is -2.24. The zero-order chi connectivity index (χ0) is 32.1. The molecule has 1 atom stereocenters. The number of thiophene rings is 1. The van der Waals surface area contributed by atoms with Crippen LogP contribution in [0.25, 0.3) is 22.3 Å². The van der Waals surface area contributed by atoms with Crippen molar-refractivity contribution in [3.8, 4) is 22.3 Å². The highest BCUT2D eigenvalue weighted by molar-refractivity contribution is 7.10. The fourth-order valence-electron chi connectivity index (χ4n) is 6.50. The zero-order valence-electron chi connectivity index (χ0n) is 26.5. The molecular formula is C39H39N3O3S. The van der Waals surface area contributed by atoms with Crippen LogP contribution in [0.2, 0.25) is 0 Å². The highest BCUT2D eigenvalue weighted by Gasteiger charge is 2.50. The van der Waals surface area contributed by atoms with Crippen LogP contribution in [-0.4, -0.2) is 32.4 Å². The van der Waals surface area contributed by atoms with Crippen molar-refractivity contribution in [1.29, 1.82) is 0 Å². The number of nitrogens with one attached hydrogen (secondary N) is 1. The molecule has 2 N–H and O–H groups in total. The number of rotatable bonds is 6. The highest BCUT2D eigenvalue weighted by Crippen LogP contribution is 2.54. The van der Waals surface area contributed by atoms with Crippen molar-refractivity contribution < 1.29 is 9.90 Å². The minimum atomic E-state index is -1.33. The van der Waals surface area contributed by atoms with E-state index in [4.69, 9.17) is 4.98 Å². The Hall–Kier alpha value is -4.33. The first-order chi connectivity index (χ1) is 22.1. The van der Waals surface area contributed by atoms with Gasteiger partial charge in [-0.15, -0.1) is 11.3 Å². The fraction of sp³-hybridized carbons (Fsp3) is 0.308. The third-order valence-corrected chi connectivity index (χ3v) is 10.6. The molecule has 6 nitrogen and oxygen atoms in total. The summed E-state index contributed by atoms with van der Waals surface area (Å²) in [6.45, 7) is 7.12. The molecule has 7 heteroatoms. The molecule has 1 aliphatic heterocycles. The van der Waals surface area contributed by atoms with Gasteiger partial charge in [0.15, 0.2) is 6.10 Å². The average Bonchev–Trinajstić information content (AvgIpc) is 3.78. The number of aromatic nitrogens is 2. The minimum absolute atomic E-state index is 0.00865. The van der Waals surface area contributed by atoms with Gasteiger partial charge in [0.2, 0.25) is 0 Å². The Morgan fingerprint density at radius 3 is 2.39 bits per heavy atom. The molecule has 1 aliphatic carbocycles. The maximum Gasteiger partial charge on any atom is 0.256 e. The molecule has 5 aromatic rings. The molecule has 0 radical (unpaired) electrons. The van der Waals surface area contributed by atoms with E-state index in [2.05, 4.69) is 61.5 Å². The Bertz CT molecular complexity index is 1970. The Morgan fingerprint density at radius 1 is 0.935 bits per heavy atom. The first-order valence-electron chi connectivity index (χ1n) is 16.1. The van der Waals surface area contributed by atoms with Crippen molar-refractivity contribution in [1.82, 2.24) is 14.9 Å². The lowest BCUT2D eigenvalue weighted by molar-refractivity contribution is -0.141. The second kappa shape index (κ2) is 11.8. The predicted octanol–water partition coefficient (Wildman–Crippen LogP) is 7.55. The lowest BCUT2D eigenvalue weighted by atomic mass is 9.85. The van der Waals surface area contributed by atoms with E-state index in [-0.39, 0.29) is 22.9 Å². The van der Waals surface area contributed by atoms with Gasteiger partial charge in [0, 0.05) is 11.4 Å². The number of carbonyl (C=O) groups is 1. The third-order valence-electron chi connectivity index (χ3n) is 9.48. The number of carbonyl (C=O) groups excluding carboxylic acids is 1. The van der Waals surface area contributed by atoms with Gasteiger partial charge in [0.25, 0.3) is 11.5 Å². The zero-order valence-corrected chi connectivity index (χ0v) is 27.4. The maximum atomic E-state index is 13.7. The summed E-state index contributed by atoms with van der Waals surface area (Å²) in [5.74, 6) is 0.326. The number of aliphatic hydroxyl groups excluding tert-OH is 1. The maximum absolute atomic E-state index is 13.7. The molecule has 0 saturated heterocycles. The van der Waals surface area contributed by atoms with Crippen LogP contribution in [0.1, 0.15) is 79.2 Å². The van der Waals surface area contributed by atoms with E-state index in [1.54, 1.807) is 22.3 Å².